The molecule has 19 heteroatoms. The lowest BCUT2D eigenvalue weighted by molar-refractivity contribution is -0.161. The van der Waals surface area contributed by atoms with Crippen LogP contribution in [0.5, 0.6) is 0 Å². The van der Waals surface area contributed by atoms with E-state index in [-0.39, 0.29) is 25.7 Å². The number of carbonyl (C=O) groups excluding carboxylic acids is 4. The van der Waals surface area contributed by atoms with Gasteiger partial charge in [0.1, 0.15) is 19.3 Å². The van der Waals surface area contributed by atoms with Crippen LogP contribution in [0.1, 0.15) is 297 Å². The Morgan fingerprint density at radius 1 is 0.309 bits per heavy atom. The van der Waals surface area contributed by atoms with Crippen molar-refractivity contribution in [2.75, 3.05) is 39.6 Å². The number of rotatable bonds is 68. The Labute approximate surface area is 569 Å². The van der Waals surface area contributed by atoms with Gasteiger partial charge in [-0.15, -0.1) is 0 Å². The molecule has 0 aliphatic rings. The van der Waals surface area contributed by atoms with Crippen LogP contribution in [0, 0.1) is 0 Å². The SMILES string of the molecule is CC/C=C\C/C=C\C/C=C\C/C=C\CCCCCCC(=O)OCC(COP(=O)(O)OCC(O)COP(=O)(O)OCC(COC(=O)CCCCCCC/C=C\C/C=C\C/C=C\CC)OC(=O)CCCCCCC/C=C\CCCC)OC(=O)CCCCCCCCCCCCC. The fourth-order valence-electron chi connectivity index (χ4n) is 9.50. The van der Waals surface area contributed by atoms with Crippen LogP contribution in [-0.4, -0.2) is 96.7 Å². The molecular weight excluding hydrogens is 1230 g/mol. The van der Waals surface area contributed by atoms with E-state index in [2.05, 4.69) is 125 Å². The third-order valence-electron chi connectivity index (χ3n) is 15.0. The lowest BCUT2D eigenvalue weighted by atomic mass is 10.1. The summed E-state index contributed by atoms with van der Waals surface area (Å²) in [4.78, 5) is 72.6. The summed E-state index contributed by atoms with van der Waals surface area (Å²) in [5, 5.41) is 10.6. The molecule has 94 heavy (non-hydrogen) atoms. The van der Waals surface area contributed by atoms with Crippen molar-refractivity contribution in [2.45, 2.75) is 316 Å². The van der Waals surface area contributed by atoms with E-state index in [1.165, 1.54) is 51.4 Å². The first-order valence-electron chi connectivity index (χ1n) is 36.5. The number of aliphatic hydroxyl groups is 1. The summed E-state index contributed by atoms with van der Waals surface area (Å²) < 4.78 is 68.2. The van der Waals surface area contributed by atoms with Gasteiger partial charge in [-0.1, -0.05) is 253 Å². The average molecular weight is 1370 g/mol. The van der Waals surface area contributed by atoms with Crippen molar-refractivity contribution in [1.29, 1.82) is 0 Å². The molecule has 0 aliphatic carbocycles. The molecular formula is C75H130O17P2. The standard InChI is InChI=1S/C75H130O17P2/c1-5-9-13-17-21-25-29-31-33-34-36-38-42-44-48-52-56-60-73(78)86-66-71(92-75(80)62-58-54-50-46-40-28-24-20-16-12-8-4)68-90-94(83,84)88-64-69(76)63-87-93(81,82)89-67-70(91-74(79)61-57-53-49-45-39-27-23-19-15-11-7-3)65-85-72(77)59-55-51-47-43-41-37-35-32-30-26-22-18-14-10-6-2/h9-10,13-14,19,21-23,25-26,31-33,35-36,38,69-71,76H,5-8,11-12,15-18,20,24,27-30,34,37,39-68H2,1-4H3,(H,81,82)(H,83,84)/b13-9-,14-10-,23-19-,25-21-,26-22-,33-31-,35-32-,38-36-. The van der Waals surface area contributed by atoms with Gasteiger partial charge in [-0.05, 0) is 116 Å². The zero-order valence-electron chi connectivity index (χ0n) is 58.9. The first-order chi connectivity index (χ1) is 45.7. The average Bonchev–Trinajstić information content (AvgIpc) is 1.32. The van der Waals surface area contributed by atoms with Gasteiger partial charge >= 0.3 is 39.5 Å². The minimum atomic E-state index is -4.97. The van der Waals surface area contributed by atoms with Gasteiger partial charge < -0.3 is 33.8 Å². The number of aliphatic hydroxyl groups excluding tert-OH is 1. The molecule has 5 unspecified atom stereocenters. The maximum atomic E-state index is 13.0. The fraction of sp³-hybridized carbons (Fsp3) is 0.733. The van der Waals surface area contributed by atoms with Crippen molar-refractivity contribution in [2.24, 2.45) is 0 Å². The van der Waals surface area contributed by atoms with E-state index in [0.717, 1.165) is 167 Å². The van der Waals surface area contributed by atoms with E-state index in [1.54, 1.807) is 0 Å². The van der Waals surface area contributed by atoms with Crippen LogP contribution in [0.25, 0.3) is 0 Å². The van der Waals surface area contributed by atoms with Gasteiger partial charge in [0.15, 0.2) is 12.2 Å². The lowest BCUT2D eigenvalue weighted by Gasteiger charge is -2.21. The monoisotopic (exact) mass is 1360 g/mol. The van der Waals surface area contributed by atoms with Crippen LogP contribution < -0.4 is 0 Å². The molecule has 0 rings (SSSR count). The predicted octanol–water partition coefficient (Wildman–Crippen LogP) is 20.4. The molecule has 5 atom stereocenters. The number of phosphoric acid groups is 2. The molecule has 0 spiro atoms. The smallest absolute Gasteiger partial charge is 0.462 e. The van der Waals surface area contributed by atoms with Gasteiger partial charge in [-0.2, -0.15) is 0 Å². The highest BCUT2D eigenvalue weighted by Crippen LogP contribution is 2.45. The van der Waals surface area contributed by atoms with Crippen LogP contribution in [0.3, 0.4) is 0 Å². The van der Waals surface area contributed by atoms with Gasteiger partial charge in [-0.3, -0.25) is 37.3 Å². The first-order valence-corrected chi connectivity index (χ1v) is 39.5. The van der Waals surface area contributed by atoms with Gasteiger partial charge in [0.2, 0.25) is 0 Å². The molecule has 542 valence electrons. The summed E-state index contributed by atoms with van der Waals surface area (Å²) in [7, 11) is -9.94. The topological polar surface area (TPSA) is 237 Å². The number of hydrogen-bond donors (Lipinski definition) is 3. The molecule has 0 saturated heterocycles. The van der Waals surface area contributed by atoms with E-state index in [1.807, 2.05) is 0 Å². The Balaban J connectivity index is 5.32. The highest BCUT2D eigenvalue weighted by atomic mass is 31.2. The number of unbranched alkanes of at least 4 members (excludes halogenated alkanes) is 26. The van der Waals surface area contributed by atoms with Gasteiger partial charge in [-0.25, -0.2) is 9.13 Å². The molecule has 0 aromatic rings. The van der Waals surface area contributed by atoms with Crippen molar-refractivity contribution in [1.82, 2.24) is 0 Å². The molecule has 0 aromatic heterocycles. The van der Waals surface area contributed by atoms with E-state index < -0.39 is 97.5 Å². The Bertz CT molecular complexity index is 2170. The zero-order valence-corrected chi connectivity index (χ0v) is 60.7. The Morgan fingerprint density at radius 3 is 0.894 bits per heavy atom. The maximum absolute atomic E-state index is 13.0. The number of ether oxygens (including phenoxy) is 4. The number of phosphoric ester groups is 2. The minimum absolute atomic E-state index is 0.0804. The van der Waals surface area contributed by atoms with E-state index in [9.17, 15) is 43.2 Å². The van der Waals surface area contributed by atoms with Crippen LogP contribution in [-0.2, 0) is 65.4 Å². The summed E-state index contributed by atoms with van der Waals surface area (Å²) in [5.41, 5.74) is 0. The number of esters is 4. The van der Waals surface area contributed by atoms with E-state index in [0.29, 0.717) is 25.7 Å². The van der Waals surface area contributed by atoms with E-state index >= 15 is 0 Å². The third kappa shape index (κ3) is 66.6. The van der Waals surface area contributed by atoms with Gasteiger partial charge in [0.05, 0.1) is 26.4 Å². The minimum Gasteiger partial charge on any atom is -0.462 e. The molecule has 0 heterocycles. The van der Waals surface area contributed by atoms with Crippen molar-refractivity contribution in [3.8, 4) is 0 Å². The first kappa shape index (κ1) is 90.0. The summed E-state index contributed by atoms with van der Waals surface area (Å²) in [6.07, 6.45) is 68.4. The van der Waals surface area contributed by atoms with Gasteiger partial charge in [0, 0.05) is 25.7 Å². The van der Waals surface area contributed by atoms with Crippen molar-refractivity contribution in [3.63, 3.8) is 0 Å². The zero-order chi connectivity index (χ0) is 69.0. The predicted molar refractivity (Wildman–Crippen MR) is 381 cm³/mol. The normalized spacial score (nSPS) is 14.6. The fourth-order valence-corrected chi connectivity index (χ4v) is 11.1. The number of hydrogen-bond acceptors (Lipinski definition) is 15. The number of carbonyl (C=O) groups is 4. The molecule has 0 amide bonds. The van der Waals surface area contributed by atoms with Crippen LogP contribution in [0.4, 0.5) is 0 Å². The molecule has 0 bridgehead atoms. The Morgan fingerprint density at radius 2 is 0.564 bits per heavy atom. The maximum Gasteiger partial charge on any atom is 0.472 e. The number of allylic oxidation sites excluding steroid dienone is 16. The summed E-state index contributed by atoms with van der Waals surface area (Å²) in [6, 6.07) is 0. The molecule has 0 radical (unpaired) electrons. The second-order valence-electron chi connectivity index (χ2n) is 24.1. The third-order valence-corrected chi connectivity index (χ3v) is 16.9. The molecule has 3 N–H and O–H groups in total. The second kappa shape index (κ2) is 67.5. The molecule has 0 aliphatic heterocycles. The molecule has 0 saturated carbocycles. The highest BCUT2D eigenvalue weighted by Gasteiger charge is 2.30. The summed E-state index contributed by atoms with van der Waals surface area (Å²) in [5.74, 6) is -2.22. The Kier molecular flexibility index (Phi) is 64.7. The molecule has 0 aromatic carbocycles. The van der Waals surface area contributed by atoms with Gasteiger partial charge in [0.25, 0.3) is 0 Å². The highest BCUT2D eigenvalue weighted by molar-refractivity contribution is 7.47. The van der Waals surface area contributed by atoms with Crippen LogP contribution in [0.2, 0.25) is 0 Å². The van der Waals surface area contributed by atoms with E-state index in [4.69, 9.17) is 37.0 Å². The van der Waals surface area contributed by atoms with Crippen molar-refractivity contribution >= 4 is 39.5 Å². The lowest BCUT2D eigenvalue weighted by Crippen LogP contribution is -2.30. The molecule has 17 nitrogen and oxygen atoms in total. The van der Waals surface area contributed by atoms with Crippen molar-refractivity contribution in [3.05, 3.63) is 97.2 Å². The molecule has 0 fully saturated rings. The Hall–Kier alpha value is -4.02. The van der Waals surface area contributed by atoms with Crippen LogP contribution >= 0.6 is 15.6 Å². The summed E-state index contributed by atoms with van der Waals surface area (Å²) >= 11 is 0. The second-order valence-corrected chi connectivity index (χ2v) is 27.0. The largest absolute Gasteiger partial charge is 0.472 e. The summed E-state index contributed by atoms with van der Waals surface area (Å²) in [6.45, 7) is 4.54. The van der Waals surface area contributed by atoms with Crippen molar-refractivity contribution < 1.29 is 80.2 Å². The van der Waals surface area contributed by atoms with Crippen LogP contribution in [0.15, 0.2) is 97.2 Å². The quantitative estimate of drug-likeness (QED) is 0.0169.